The molecule has 4 nitrogen and oxygen atoms in total. The van der Waals surface area contributed by atoms with Crippen molar-refractivity contribution in [3.63, 3.8) is 0 Å². The molecule has 0 aliphatic rings. The first kappa shape index (κ1) is 15.4. The van der Waals surface area contributed by atoms with Crippen molar-refractivity contribution < 1.29 is 13.5 Å². The van der Waals surface area contributed by atoms with Crippen LogP contribution in [0.4, 0.5) is 8.78 Å². The summed E-state index contributed by atoms with van der Waals surface area (Å²) in [4.78, 5) is 0. The van der Waals surface area contributed by atoms with Gasteiger partial charge in [0.15, 0.2) is 16.7 Å². The van der Waals surface area contributed by atoms with Crippen molar-refractivity contribution in [1.82, 2.24) is 14.8 Å². The Balaban J connectivity index is 2.00. The van der Waals surface area contributed by atoms with Crippen molar-refractivity contribution >= 4 is 12.2 Å². The molecule has 23 heavy (non-hydrogen) atoms. The molecule has 2 aromatic carbocycles. The second-order valence-corrected chi connectivity index (χ2v) is 5.28. The largest absolute Gasteiger partial charge is 0.483 e. The zero-order valence-corrected chi connectivity index (χ0v) is 13.0. The Morgan fingerprint density at radius 3 is 2.61 bits per heavy atom. The summed E-state index contributed by atoms with van der Waals surface area (Å²) in [6.45, 7) is 1.77. The van der Waals surface area contributed by atoms with E-state index in [0.29, 0.717) is 11.6 Å². The Labute approximate surface area is 136 Å². The van der Waals surface area contributed by atoms with Crippen molar-refractivity contribution in [1.29, 1.82) is 0 Å². The molecular weight excluding hydrogens is 320 g/mol. The molecule has 3 rings (SSSR count). The van der Waals surface area contributed by atoms with Gasteiger partial charge in [0.2, 0.25) is 0 Å². The van der Waals surface area contributed by atoms with E-state index in [2.05, 4.69) is 10.2 Å². The normalized spacial score (nSPS) is 12.1. The third-order valence-corrected chi connectivity index (χ3v) is 3.54. The van der Waals surface area contributed by atoms with Crippen LogP contribution >= 0.6 is 12.2 Å². The van der Waals surface area contributed by atoms with Crippen LogP contribution in [-0.4, -0.2) is 14.8 Å². The van der Waals surface area contributed by atoms with Gasteiger partial charge in [-0.15, -0.1) is 0 Å². The van der Waals surface area contributed by atoms with Crippen LogP contribution in [0.25, 0.3) is 5.69 Å². The molecule has 0 radical (unpaired) electrons. The number of benzene rings is 2. The van der Waals surface area contributed by atoms with Crippen molar-refractivity contribution in [2.45, 2.75) is 13.0 Å². The zero-order chi connectivity index (χ0) is 16.4. The molecule has 1 atom stereocenters. The van der Waals surface area contributed by atoms with Gasteiger partial charge in [0.05, 0.1) is 5.69 Å². The highest BCUT2D eigenvalue weighted by Gasteiger charge is 2.19. The highest BCUT2D eigenvalue weighted by Crippen LogP contribution is 2.24. The summed E-state index contributed by atoms with van der Waals surface area (Å²) in [6.07, 6.45) is -0.491. The van der Waals surface area contributed by atoms with Crippen LogP contribution in [0.1, 0.15) is 18.9 Å². The summed E-state index contributed by atoms with van der Waals surface area (Å²) in [5.74, 6) is -0.337. The molecule has 7 heteroatoms. The summed E-state index contributed by atoms with van der Waals surface area (Å²) in [6, 6.07) is 12.5. The van der Waals surface area contributed by atoms with E-state index in [4.69, 9.17) is 17.0 Å². The van der Waals surface area contributed by atoms with Gasteiger partial charge in [0.25, 0.3) is 0 Å². The maximum atomic E-state index is 14.1. The molecule has 0 spiro atoms. The SMILES string of the molecule is CC(Oc1ccccc1)c1n[nH]c(=S)n1-c1ccc(F)cc1F. The van der Waals surface area contributed by atoms with E-state index < -0.39 is 17.7 Å². The highest BCUT2D eigenvalue weighted by molar-refractivity contribution is 7.71. The van der Waals surface area contributed by atoms with Crippen LogP contribution in [0.15, 0.2) is 48.5 Å². The minimum absolute atomic E-state index is 0.115. The van der Waals surface area contributed by atoms with E-state index in [1.807, 2.05) is 18.2 Å². The smallest absolute Gasteiger partial charge is 0.200 e. The van der Waals surface area contributed by atoms with Gasteiger partial charge in [-0.3, -0.25) is 9.67 Å². The van der Waals surface area contributed by atoms with Crippen molar-refractivity contribution in [3.05, 3.63) is 70.8 Å². The first-order valence-corrected chi connectivity index (χ1v) is 7.31. The van der Waals surface area contributed by atoms with Gasteiger partial charge in [-0.05, 0) is 43.4 Å². The lowest BCUT2D eigenvalue weighted by atomic mass is 10.2. The third-order valence-electron chi connectivity index (χ3n) is 3.27. The maximum absolute atomic E-state index is 14.1. The van der Waals surface area contributed by atoms with E-state index in [0.717, 1.165) is 6.07 Å². The summed E-state index contributed by atoms with van der Waals surface area (Å²) in [7, 11) is 0. The highest BCUT2D eigenvalue weighted by atomic mass is 32.1. The van der Waals surface area contributed by atoms with Gasteiger partial charge in [-0.1, -0.05) is 18.2 Å². The quantitative estimate of drug-likeness (QED) is 0.722. The number of hydrogen-bond acceptors (Lipinski definition) is 3. The van der Waals surface area contributed by atoms with Gasteiger partial charge in [0, 0.05) is 6.07 Å². The minimum atomic E-state index is -0.726. The number of aromatic nitrogens is 3. The minimum Gasteiger partial charge on any atom is -0.483 e. The number of para-hydroxylation sites is 1. The predicted molar refractivity (Wildman–Crippen MR) is 84.1 cm³/mol. The van der Waals surface area contributed by atoms with Crippen LogP contribution in [-0.2, 0) is 0 Å². The fourth-order valence-electron chi connectivity index (χ4n) is 2.23. The Kier molecular flexibility index (Phi) is 4.20. The fourth-order valence-corrected chi connectivity index (χ4v) is 2.47. The number of nitrogens with zero attached hydrogens (tertiary/aromatic N) is 2. The average molecular weight is 333 g/mol. The van der Waals surface area contributed by atoms with Crippen LogP contribution in [0.3, 0.4) is 0 Å². The zero-order valence-electron chi connectivity index (χ0n) is 12.2. The summed E-state index contributed by atoms with van der Waals surface area (Å²) < 4.78 is 34.6. The standard InChI is InChI=1S/C16H13F2N3OS/c1-10(22-12-5-3-2-4-6-12)15-19-20-16(23)21(15)14-8-7-11(17)9-13(14)18/h2-10H,1H3,(H,20,23). The molecule has 1 unspecified atom stereocenters. The summed E-state index contributed by atoms with van der Waals surface area (Å²) in [5, 5.41) is 6.73. The van der Waals surface area contributed by atoms with Crippen LogP contribution in [0.2, 0.25) is 0 Å². The fraction of sp³-hybridized carbons (Fsp3) is 0.125. The molecular formula is C16H13F2N3OS. The summed E-state index contributed by atoms with van der Waals surface area (Å²) >= 11 is 5.16. The number of aromatic amines is 1. The van der Waals surface area contributed by atoms with Gasteiger partial charge in [-0.25, -0.2) is 8.78 Å². The molecule has 3 aromatic rings. The Bertz CT molecular complexity index is 877. The number of H-pyrrole nitrogens is 1. The van der Waals surface area contributed by atoms with Crippen molar-refractivity contribution in [2.24, 2.45) is 0 Å². The molecule has 118 valence electrons. The molecule has 0 fully saturated rings. The number of nitrogens with one attached hydrogen (secondary N) is 1. The lowest BCUT2D eigenvalue weighted by molar-refractivity contribution is 0.214. The van der Waals surface area contributed by atoms with Crippen LogP contribution in [0, 0.1) is 16.4 Å². The molecule has 1 N–H and O–H groups in total. The second-order valence-electron chi connectivity index (χ2n) is 4.89. The Morgan fingerprint density at radius 2 is 1.91 bits per heavy atom. The Morgan fingerprint density at radius 1 is 1.17 bits per heavy atom. The van der Waals surface area contributed by atoms with Crippen LogP contribution in [0.5, 0.6) is 5.75 Å². The monoisotopic (exact) mass is 333 g/mol. The average Bonchev–Trinajstić information content (AvgIpc) is 2.90. The topological polar surface area (TPSA) is 42.8 Å². The first-order chi connectivity index (χ1) is 11.1. The van der Waals surface area contributed by atoms with Gasteiger partial charge >= 0.3 is 0 Å². The molecule has 0 saturated carbocycles. The van der Waals surface area contributed by atoms with E-state index in [1.54, 1.807) is 19.1 Å². The van der Waals surface area contributed by atoms with E-state index in [1.165, 1.54) is 16.7 Å². The van der Waals surface area contributed by atoms with Crippen molar-refractivity contribution in [2.75, 3.05) is 0 Å². The number of rotatable bonds is 4. The number of ether oxygens (including phenoxy) is 1. The summed E-state index contributed by atoms with van der Waals surface area (Å²) in [5.41, 5.74) is 0.115. The van der Waals surface area contributed by atoms with E-state index in [9.17, 15) is 8.78 Å². The molecule has 1 aromatic heterocycles. The lowest BCUT2D eigenvalue weighted by Gasteiger charge is -2.15. The van der Waals surface area contributed by atoms with Crippen LogP contribution < -0.4 is 4.74 Å². The predicted octanol–water partition coefficient (Wildman–Crippen LogP) is 4.35. The molecule has 0 aliphatic carbocycles. The number of hydrogen-bond donors (Lipinski definition) is 1. The second kappa shape index (κ2) is 6.29. The number of halogens is 2. The van der Waals surface area contributed by atoms with Gasteiger partial charge in [-0.2, -0.15) is 5.10 Å². The third kappa shape index (κ3) is 3.14. The molecule has 0 bridgehead atoms. The van der Waals surface area contributed by atoms with Gasteiger partial charge < -0.3 is 4.74 Å². The van der Waals surface area contributed by atoms with Crippen molar-refractivity contribution in [3.8, 4) is 11.4 Å². The molecule has 0 saturated heterocycles. The lowest BCUT2D eigenvalue weighted by Crippen LogP contribution is -2.12. The molecule has 1 heterocycles. The maximum Gasteiger partial charge on any atom is 0.200 e. The van der Waals surface area contributed by atoms with Gasteiger partial charge in [0.1, 0.15) is 17.4 Å². The van der Waals surface area contributed by atoms with E-state index in [-0.39, 0.29) is 10.5 Å². The van der Waals surface area contributed by atoms with E-state index >= 15 is 0 Å². The first-order valence-electron chi connectivity index (χ1n) is 6.90. The Hall–Kier alpha value is -2.54. The molecule has 0 aliphatic heterocycles. The molecule has 0 amide bonds.